The fourth-order valence-corrected chi connectivity index (χ4v) is 3.19. The summed E-state index contributed by atoms with van der Waals surface area (Å²) in [5.74, 6) is -0.569. The van der Waals surface area contributed by atoms with Crippen molar-refractivity contribution in [1.29, 1.82) is 0 Å². The van der Waals surface area contributed by atoms with Crippen LogP contribution in [0.15, 0.2) is 0 Å². The van der Waals surface area contributed by atoms with E-state index in [4.69, 9.17) is 9.47 Å². The van der Waals surface area contributed by atoms with E-state index < -0.39 is 11.9 Å². The van der Waals surface area contributed by atoms with Crippen LogP contribution in [0.2, 0.25) is 0 Å². The molecule has 0 aromatic carbocycles. The van der Waals surface area contributed by atoms with Crippen LogP contribution in [0.1, 0.15) is 65.2 Å². The van der Waals surface area contributed by atoms with Crippen molar-refractivity contribution in [3.05, 3.63) is 0 Å². The molecule has 0 N–H and O–H groups in total. The Labute approximate surface area is 121 Å². The van der Waals surface area contributed by atoms with E-state index in [1.807, 2.05) is 0 Å². The third-order valence-corrected chi connectivity index (χ3v) is 4.69. The molecule has 2 saturated carbocycles. The Morgan fingerprint density at radius 1 is 0.800 bits per heavy atom. The second-order valence-electron chi connectivity index (χ2n) is 6.49. The first-order valence-electron chi connectivity index (χ1n) is 7.98. The minimum Gasteiger partial charge on any atom is -0.454 e. The SMILES string of the molecule is CC1CCC(OC(=O)C(=O)OC2CCCCC2C)CC1. The molecule has 0 amide bonds. The van der Waals surface area contributed by atoms with Crippen molar-refractivity contribution in [1.82, 2.24) is 0 Å². The molecule has 4 heteroatoms. The van der Waals surface area contributed by atoms with Crippen LogP contribution in [-0.2, 0) is 19.1 Å². The van der Waals surface area contributed by atoms with Crippen molar-refractivity contribution < 1.29 is 19.1 Å². The van der Waals surface area contributed by atoms with Crippen molar-refractivity contribution >= 4 is 11.9 Å². The maximum atomic E-state index is 11.8. The molecule has 20 heavy (non-hydrogen) atoms. The number of ether oxygens (including phenoxy) is 2. The van der Waals surface area contributed by atoms with Gasteiger partial charge in [0.05, 0.1) is 0 Å². The van der Waals surface area contributed by atoms with Gasteiger partial charge in [-0.05, 0) is 56.8 Å². The van der Waals surface area contributed by atoms with Gasteiger partial charge in [-0.15, -0.1) is 0 Å². The highest BCUT2D eigenvalue weighted by Gasteiger charge is 2.30. The molecule has 0 spiro atoms. The Bertz CT molecular complexity index is 344. The van der Waals surface area contributed by atoms with Crippen molar-refractivity contribution in [2.24, 2.45) is 11.8 Å². The van der Waals surface area contributed by atoms with Gasteiger partial charge in [-0.25, -0.2) is 9.59 Å². The Hall–Kier alpha value is -1.06. The van der Waals surface area contributed by atoms with Crippen molar-refractivity contribution in [3.8, 4) is 0 Å². The lowest BCUT2D eigenvalue weighted by atomic mass is 9.88. The van der Waals surface area contributed by atoms with Crippen LogP contribution >= 0.6 is 0 Å². The predicted molar refractivity (Wildman–Crippen MR) is 75.0 cm³/mol. The molecule has 0 heterocycles. The van der Waals surface area contributed by atoms with Gasteiger partial charge in [-0.3, -0.25) is 0 Å². The molecule has 4 nitrogen and oxygen atoms in total. The molecule has 0 aliphatic heterocycles. The molecule has 114 valence electrons. The van der Waals surface area contributed by atoms with Gasteiger partial charge in [0.1, 0.15) is 12.2 Å². The third kappa shape index (κ3) is 4.22. The molecule has 2 aliphatic carbocycles. The molecule has 0 saturated heterocycles. The zero-order chi connectivity index (χ0) is 14.5. The summed E-state index contributed by atoms with van der Waals surface area (Å²) >= 11 is 0. The Balaban J connectivity index is 1.75. The average molecular weight is 282 g/mol. The topological polar surface area (TPSA) is 52.6 Å². The normalized spacial score (nSPS) is 34.3. The summed E-state index contributed by atoms with van der Waals surface area (Å²) in [4.78, 5) is 23.6. The molecular formula is C16H26O4. The van der Waals surface area contributed by atoms with Crippen LogP contribution in [0.25, 0.3) is 0 Å². The Morgan fingerprint density at radius 2 is 1.40 bits per heavy atom. The van der Waals surface area contributed by atoms with Gasteiger partial charge in [-0.1, -0.05) is 20.3 Å². The van der Waals surface area contributed by atoms with E-state index in [2.05, 4.69) is 13.8 Å². The van der Waals surface area contributed by atoms with E-state index in [1.165, 1.54) is 6.42 Å². The molecule has 0 aromatic rings. The minimum atomic E-state index is -0.803. The standard InChI is InChI=1S/C16H26O4/c1-11-7-9-13(10-8-11)19-15(17)16(18)20-14-6-4-3-5-12(14)2/h11-14H,3-10H2,1-2H3. The van der Waals surface area contributed by atoms with Crippen molar-refractivity contribution in [3.63, 3.8) is 0 Å². The van der Waals surface area contributed by atoms with Crippen molar-refractivity contribution in [2.75, 3.05) is 0 Å². The van der Waals surface area contributed by atoms with Crippen molar-refractivity contribution in [2.45, 2.75) is 77.4 Å². The summed E-state index contributed by atoms with van der Waals surface area (Å²) < 4.78 is 10.6. The maximum absolute atomic E-state index is 11.8. The zero-order valence-electron chi connectivity index (χ0n) is 12.6. The number of carbonyl (C=O) groups is 2. The third-order valence-electron chi connectivity index (χ3n) is 4.69. The molecule has 0 radical (unpaired) electrons. The van der Waals surface area contributed by atoms with Crippen LogP contribution in [0.5, 0.6) is 0 Å². The first-order valence-corrected chi connectivity index (χ1v) is 7.98. The minimum absolute atomic E-state index is 0.102. The summed E-state index contributed by atoms with van der Waals surface area (Å²) in [6.07, 6.45) is 7.80. The summed E-state index contributed by atoms with van der Waals surface area (Å²) in [5, 5.41) is 0. The lowest BCUT2D eigenvalue weighted by Gasteiger charge is -2.29. The smallest absolute Gasteiger partial charge is 0.417 e. The number of esters is 2. The number of hydrogen-bond acceptors (Lipinski definition) is 4. The van der Waals surface area contributed by atoms with E-state index >= 15 is 0 Å². The summed E-state index contributed by atoms with van der Waals surface area (Å²) in [5.41, 5.74) is 0. The van der Waals surface area contributed by atoms with E-state index in [1.54, 1.807) is 0 Å². The fraction of sp³-hybridized carbons (Fsp3) is 0.875. The van der Waals surface area contributed by atoms with E-state index in [-0.39, 0.29) is 12.2 Å². The monoisotopic (exact) mass is 282 g/mol. The van der Waals surface area contributed by atoms with Gasteiger partial charge in [-0.2, -0.15) is 0 Å². The second-order valence-corrected chi connectivity index (χ2v) is 6.49. The molecule has 2 unspecified atom stereocenters. The van der Waals surface area contributed by atoms with E-state index in [9.17, 15) is 9.59 Å². The van der Waals surface area contributed by atoms with Gasteiger partial charge in [0.15, 0.2) is 0 Å². The largest absolute Gasteiger partial charge is 0.454 e. The summed E-state index contributed by atoms with van der Waals surface area (Å²) in [6.45, 7) is 4.28. The number of rotatable bonds is 2. The predicted octanol–water partition coefficient (Wildman–Crippen LogP) is 3.23. The summed E-state index contributed by atoms with van der Waals surface area (Å²) in [7, 11) is 0. The molecule has 2 rings (SSSR count). The van der Waals surface area contributed by atoms with E-state index in [0.29, 0.717) is 11.8 Å². The van der Waals surface area contributed by atoms with Crippen LogP contribution in [0.4, 0.5) is 0 Å². The second kappa shape index (κ2) is 7.09. The van der Waals surface area contributed by atoms with Crippen LogP contribution in [0.3, 0.4) is 0 Å². The van der Waals surface area contributed by atoms with Gasteiger partial charge >= 0.3 is 11.9 Å². The molecule has 2 atom stereocenters. The quantitative estimate of drug-likeness (QED) is 0.576. The van der Waals surface area contributed by atoms with Gasteiger partial charge in [0, 0.05) is 0 Å². The Morgan fingerprint density at radius 3 is 2.05 bits per heavy atom. The summed E-state index contributed by atoms with van der Waals surface area (Å²) in [6, 6.07) is 0. The lowest BCUT2D eigenvalue weighted by Crippen LogP contribution is -2.34. The number of carbonyl (C=O) groups excluding carboxylic acids is 2. The van der Waals surface area contributed by atoms with Crippen LogP contribution in [0, 0.1) is 11.8 Å². The van der Waals surface area contributed by atoms with Gasteiger partial charge < -0.3 is 9.47 Å². The Kier molecular flexibility index (Phi) is 5.44. The molecule has 0 aromatic heterocycles. The molecule has 2 aliphatic rings. The lowest BCUT2D eigenvalue weighted by molar-refractivity contribution is -0.177. The highest BCUT2D eigenvalue weighted by Crippen LogP contribution is 2.27. The first-order chi connectivity index (χ1) is 9.56. The molecule has 0 bridgehead atoms. The highest BCUT2D eigenvalue weighted by molar-refractivity contribution is 6.29. The van der Waals surface area contributed by atoms with Gasteiger partial charge in [0.25, 0.3) is 0 Å². The highest BCUT2D eigenvalue weighted by atomic mass is 16.6. The fourth-order valence-electron chi connectivity index (χ4n) is 3.19. The van der Waals surface area contributed by atoms with Gasteiger partial charge in [0.2, 0.25) is 0 Å². The molecular weight excluding hydrogens is 256 g/mol. The maximum Gasteiger partial charge on any atom is 0.417 e. The van der Waals surface area contributed by atoms with E-state index in [0.717, 1.165) is 44.9 Å². The molecule has 2 fully saturated rings. The first kappa shape index (κ1) is 15.3. The number of hydrogen-bond donors (Lipinski definition) is 0. The average Bonchev–Trinajstić information content (AvgIpc) is 2.44. The van der Waals surface area contributed by atoms with Crippen LogP contribution < -0.4 is 0 Å². The zero-order valence-corrected chi connectivity index (χ0v) is 12.6. The van der Waals surface area contributed by atoms with Crippen LogP contribution in [-0.4, -0.2) is 24.1 Å².